The van der Waals surface area contributed by atoms with Crippen molar-refractivity contribution in [3.8, 4) is 5.95 Å². The summed E-state index contributed by atoms with van der Waals surface area (Å²) in [6.07, 6.45) is 3.80. The molecule has 0 radical (unpaired) electrons. The molecule has 0 aromatic carbocycles. The topological polar surface area (TPSA) is 55.6 Å². The summed E-state index contributed by atoms with van der Waals surface area (Å²) < 4.78 is 2.02. The maximum absolute atomic E-state index is 4.52. The number of hydrogen-bond donors (Lipinski definition) is 1. The van der Waals surface area contributed by atoms with Gasteiger partial charge in [0.15, 0.2) is 0 Å². The van der Waals surface area contributed by atoms with Gasteiger partial charge in [-0.15, -0.1) is 0 Å². The fourth-order valence-electron chi connectivity index (χ4n) is 2.39. The van der Waals surface area contributed by atoms with E-state index in [-0.39, 0.29) is 0 Å². The summed E-state index contributed by atoms with van der Waals surface area (Å²) in [6.45, 7) is 5.45. The summed E-state index contributed by atoms with van der Waals surface area (Å²) in [5.41, 5.74) is 4.11. The Morgan fingerprint density at radius 3 is 2.55 bits per heavy atom. The molecule has 0 aliphatic rings. The van der Waals surface area contributed by atoms with Crippen molar-refractivity contribution in [2.75, 3.05) is 0 Å². The third-order valence-corrected chi connectivity index (χ3v) is 3.36. The molecule has 0 saturated carbocycles. The van der Waals surface area contributed by atoms with E-state index >= 15 is 0 Å². The number of rotatable bonds is 5. The van der Waals surface area contributed by atoms with Crippen molar-refractivity contribution in [1.29, 1.82) is 0 Å². The van der Waals surface area contributed by atoms with E-state index in [9.17, 15) is 0 Å². The zero-order valence-electron chi connectivity index (χ0n) is 12.8. The number of aryl methyl sites for hydroxylation is 2. The van der Waals surface area contributed by atoms with E-state index in [0.717, 1.165) is 41.8 Å². The summed E-state index contributed by atoms with van der Waals surface area (Å²) in [7, 11) is 0. The van der Waals surface area contributed by atoms with Crippen LogP contribution in [0.3, 0.4) is 0 Å². The van der Waals surface area contributed by atoms with E-state index in [4.69, 9.17) is 0 Å². The molecule has 0 fully saturated rings. The van der Waals surface area contributed by atoms with E-state index < -0.39 is 0 Å². The fraction of sp³-hybridized carbons (Fsp3) is 0.235. The van der Waals surface area contributed by atoms with Crippen molar-refractivity contribution in [2.45, 2.75) is 26.9 Å². The highest BCUT2D eigenvalue weighted by Gasteiger charge is 2.07. The maximum Gasteiger partial charge on any atom is 0.234 e. The van der Waals surface area contributed by atoms with E-state index in [0.29, 0.717) is 0 Å². The lowest BCUT2D eigenvalue weighted by atomic mass is 10.3. The highest BCUT2D eigenvalue weighted by Crippen LogP contribution is 2.10. The molecule has 112 valence electrons. The molecule has 3 aromatic rings. The second kappa shape index (κ2) is 6.49. The Hall–Kier alpha value is -2.53. The smallest absolute Gasteiger partial charge is 0.234 e. The van der Waals surface area contributed by atoms with Crippen LogP contribution in [0.1, 0.15) is 22.8 Å². The molecule has 0 aliphatic carbocycles. The maximum atomic E-state index is 4.52. The Balaban J connectivity index is 1.72. The molecule has 5 heteroatoms. The Kier molecular flexibility index (Phi) is 4.25. The second-order valence-corrected chi connectivity index (χ2v) is 5.24. The van der Waals surface area contributed by atoms with Crippen LogP contribution in [0.25, 0.3) is 5.95 Å². The molecule has 3 heterocycles. The van der Waals surface area contributed by atoms with Crippen LogP contribution in [-0.4, -0.2) is 19.5 Å². The van der Waals surface area contributed by atoms with Crippen LogP contribution in [0, 0.1) is 13.8 Å². The lowest BCUT2D eigenvalue weighted by Gasteiger charge is -2.10. The van der Waals surface area contributed by atoms with Crippen molar-refractivity contribution in [3.05, 3.63) is 71.6 Å². The van der Waals surface area contributed by atoms with Crippen molar-refractivity contribution in [2.24, 2.45) is 0 Å². The third kappa shape index (κ3) is 3.38. The van der Waals surface area contributed by atoms with Crippen LogP contribution in [0.5, 0.6) is 0 Å². The first-order chi connectivity index (χ1) is 10.7. The fourth-order valence-corrected chi connectivity index (χ4v) is 2.39. The van der Waals surface area contributed by atoms with Gasteiger partial charge in [0.25, 0.3) is 0 Å². The number of aromatic nitrogens is 4. The Bertz CT molecular complexity index is 729. The molecule has 0 aliphatic heterocycles. The quantitative estimate of drug-likeness (QED) is 0.785. The van der Waals surface area contributed by atoms with Gasteiger partial charge in [-0.3, -0.25) is 9.55 Å². The minimum absolute atomic E-state index is 0.720. The van der Waals surface area contributed by atoms with Gasteiger partial charge in [0.2, 0.25) is 5.95 Å². The Morgan fingerprint density at radius 2 is 1.82 bits per heavy atom. The monoisotopic (exact) mass is 293 g/mol. The predicted molar refractivity (Wildman–Crippen MR) is 85.6 cm³/mol. The van der Waals surface area contributed by atoms with Gasteiger partial charge in [-0.05, 0) is 44.2 Å². The van der Waals surface area contributed by atoms with Crippen LogP contribution in [0.4, 0.5) is 0 Å². The first kappa shape index (κ1) is 14.4. The summed E-state index contributed by atoms with van der Waals surface area (Å²) in [4.78, 5) is 13.3. The van der Waals surface area contributed by atoms with Crippen LogP contribution >= 0.6 is 0 Å². The van der Waals surface area contributed by atoms with Gasteiger partial charge < -0.3 is 5.32 Å². The average molecular weight is 293 g/mol. The lowest BCUT2D eigenvalue weighted by Crippen LogP contribution is -2.16. The first-order valence-corrected chi connectivity index (χ1v) is 7.32. The van der Waals surface area contributed by atoms with Crippen LogP contribution < -0.4 is 5.32 Å². The molecule has 0 bridgehead atoms. The molecule has 5 nitrogen and oxygen atoms in total. The Morgan fingerprint density at radius 1 is 1.00 bits per heavy atom. The third-order valence-electron chi connectivity index (χ3n) is 3.36. The minimum Gasteiger partial charge on any atom is -0.306 e. The second-order valence-electron chi connectivity index (χ2n) is 5.24. The molecule has 1 N–H and O–H groups in total. The van der Waals surface area contributed by atoms with Gasteiger partial charge in [0, 0.05) is 42.6 Å². The van der Waals surface area contributed by atoms with Crippen LogP contribution in [0.15, 0.2) is 48.8 Å². The van der Waals surface area contributed by atoms with Gasteiger partial charge >= 0.3 is 0 Å². The van der Waals surface area contributed by atoms with Gasteiger partial charge in [-0.1, -0.05) is 6.07 Å². The van der Waals surface area contributed by atoms with Crippen molar-refractivity contribution >= 4 is 0 Å². The predicted octanol–water partition coefficient (Wildman–Crippen LogP) is 2.57. The molecule has 22 heavy (non-hydrogen) atoms. The lowest BCUT2D eigenvalue weighted by molar-refractivity contribution is 0.653. The summed E-state index contributed by atoms with van der Waals surface area (Å²) >= 11 is 0. The largest absolute Gasteiger partial charge is 0.306 e. The van der Waals surface area contributed by atoms with Gasteiger partial charge in [0.1, 0.15) is 0 Å². The van der Waals surface area contributed by atoms with E-state index in [1.807, 2.05) is 61.1 Å². The van der Waals surface area contributed by atoms with Crippen molar-refractivity contribution in [1.82, 2.24) is 24.8 Å². The van der Waals surface area contributed by atoms with Crippen LogP contribution in [0.2, 0.25) is 0 Å². The average Bonchev–Trinajstić information content (AvgIpc) is 2.96. The van der Waals surface area contributed by atoms with Crippen molar-refractivity contribution < 1.29 is 0 Å². The molecule has 3 rings (SSSR count). The molecular formula is C17H19N5. The molecule has 0 unspecified atom stereocenters. The van der Waals surface area contributed by atoms with E-state index in [1.54, 1.807) is 0 Å². The SMILES string of the molecule is Cc1cc(C)nc(-n2cccc2CNCc2ccccn2)n1. The zero-order valence-corrected chi connectivity index (χ0v) is 12.8. The number of hydrogen-bond acceptors (Lipinski definition) is 4. The van der Waals surface area contributed by atoms with Gasteiger partial charge in [-0.2, -0.15) is 0 Å². The van der Waals surface area contributed by atoms with E-state index in [1.165, 1.54) is 0 Å². The van der Waals surface area contributed by atoms with E-state index in [2.05, 4.69) is 26.3 Å². The molecule has 3 aromatic heterocycles. The standard InChI is InChI=1S/C17H19N5/c1-13-10-14(2)21-17(20-13)22-9-5-7-16(22)12-18-11-15-6-3-4-8-19-15/h3-10,18H,11-12H2,1-2H3. The minimum atomic E-state index is 0.720. The molecule has 0 saturated heterocycles. The van der Waals surface area contributed by atoms with Gasteiger partial charge in [0.05, 0.1) is 5.69 Å². The number of nitrogens with one attached hydrogen (secondary N) is 1. The normalized spacial score (nSPS) is 10.8. The molecular weight excluding hydrogens is 274 g/mol. The number of pyridine rings is 1. The summed E-state index contributed by atoms with van der Waals surface area (Å²) in [5.74, 6) is 0.720. The Labute approximate surface area is 130 Å². The summed E-state index contributed by atoms with van der Waals surface area (Å²) in [5, 5.41) is 3.40. The molecule has 0 atom stereocenters. The zero-order chi connectivity index (χ0) is 15.4. The molecule has 0 amide bonds. The number of nitrogens with zero attached hydrogens (tertiary/aromatic N) is 4. The van der Waals surface area contributed by atoms with Crippen LogP contribution in [-0.2, 0) is 13.1 Å². The highest BCUT2D eigenvalue weighted by atomic mass is 15.2. The summed E-state index contributed by atoms with van der Waals surface area (Å²) in [6, 6.07) is 12.0. The molecule has 0 spiro atoms. The van der Waals surface area contributed by atoms with Crippen molar-refractivity contribution in [3.63, 3.8) is 0 Å². The van der Waals surface area contributed by atoms with Gasteiger partial charge in [-0.25, -0.2) is 9.97 Å². The highest BCUT2D eigenvalue weighted by molar-refractivity contribution is 5.24. The first-order valence-electron chi connectivity index (χ1n) is 7.32.